The molecule has 0 spiro atoms. The van der Waals surface area contributed by atoms with Crippen LogP contribution >= 0.6 is 0 Å². The van der Waals surface area contributed by atoms with Crippen LogP contribution in [-0.2, 0) is 8.85 Å². The summed E-state index contributed by atoms with van der Waals surface area (Å²) in [6.07, 6.45) is 3.23. The lowest BCUT2D eigenvalue weighted by molar-refractivity contribution is -0.171. The minimum absolute atomic E-state index is 0.153. The van der Waals surface area contributed by atoms with Gasteiger partial charge in [-0.2, -0.15) is 0 Å². The maximum absolute atomic E-state index is 14.0. The van der Waals surface area contributed by atoms with E-state index in [1.54, 1.807) is 0 Å². The summed E-state index contributed by atoms with van der Waals surface area (Å²) in [6.45, 7) is 8.47. The molecule has 6 heteroatoms. The molecule has 0 aliphatic rings. The van der Waals surface area contributed by atoms with Crippen LogP contribution in [0.2, 0.25) is 12.1 Å². The first kappa shape index (κ1) is 21.9. The maximum atomic E-state index is 14.0. The van der Waals surface area contributed by atoms with Crippen LogP contribution in [0.4, 0.5) is 13.2 Å². The summed E-state index contributed by atoms with van der Waals surface area (Å²) in [5.74, 6) is -2.93. The molecule has 0 aliphatic heterocycles. The molecule has 134 valence electrons. The van der Waals surface area contributed by atoms with Crippen LogP contribution in [0.3, 0.4) is 0 Å². The van der Waals surface area contributed by atoms with Crippen molar-refractivity contribution in [3.05, 3.63) is 0 Å². The van der Waals surface area contributed by atoms with Gasteiger partial charge in [0.25, 0.3) is 12.3 Å². The van der Waals surface area contributed by atoms with Crippen LogP contribution in [-0.4, -0.2) is 26.9 Å². The molecule has 2 unspecified atom stereocenters. The van der Waals surface area contributed by atoms with Gasteiger partial charge >= 0.3 is 8.56 Å². The molecule has 0 aliphatic carbocycles. The lowest BCUT2D eigenvalue weighted by Gasteiger charge is -2.36. The van der Waals surface area contributed by atoms with Crippen molar-refractivity contribution in [3.8, 4) is 0 Å². The highest BCUT2D eigenvalue weighted by atomic mass is 28.4. The molecular formula is C16H33F3O2Si. The number of unbranched alkanes of at least 4 members (excludes halogenated alkanes) is 5. The second kappa shape index (κ2) is 10.7. The average Bonchev–Trinajstić information content (AvgIpc) is 2.41. The summed E-state index contributed by atoms with van der Waals surface area (Å²) < 4.78 is 50.7. The minimum atomic E-state index is -3.16. The van der Waals surface area contributed by atoms with E-state index in [0.29, 0.717) is 12.1 Å². The number of hydrogen-bond acceptors (Lipinski definition) is 2. The smallest absolute Gasteiger partial charge is 0.340 e. The van der Waals surface area contributed by atoms with Crippen molar-refractivity contribution in [2.75, 3.05) is 0 Å². The molecule has 0 fully saturated rings. The topological polar surface area (TPSA) is 18.5 Å². The SMILES string of the molecule is CCCCCCCC[Si](CC)(OC(C)C)OC(C)(F)C(F)F. The molecule has 2 atom stereocenters. The van der Waals surface area contributed by atoms with Gasteiger partial charge < -0.3 is 8.85 Å². The monoisotopic (exact) mass is 342 g/mol. The Hall–Kier alpha value is -0.0731. The highest BCUT2D eigenvalue weighted by molar-refractivity contribution is 6.67. The van der Waals surface area contributed by atoms with E-state index in [0.717, 1.165) is 26.2 Å². The third-order valence-corrected chi connectivity index (χ3v) is 7.54. The van der Waals surface area contributed by atoms with Crippen LogP contribution in [0.15, 0.2) is 0 Å². The Morgan fingerprint density at radius 2 is 1.55 bits per heavy atom. The van der Waals surface area contributed by atoms with Gasteiger partial charge in [-0.3, -0.25) is 0 Å². The molecule has 0 aromatic rings. The third-order valence-electron chi connectivity index (χ3n) is 3.68. The summed E-state index contributed by atoms with van der Waals surface area (Å²) in [5.41, 5.74) is 0. The zero-order valence-corrected chi connectivity index (χ0v) is 15.8. The molecule has 0 radical (unpaired) electrons. The molecule has 0 aromatic carbocycles. The maximum Gasteiger partial charge on any atom is 0.340 e. The van der Waals surface area contributed by atoms with Crippen LogP contribution in [0.5, 0.6) is 0 Å². The van der Waals surface area contributed by atoms with E-state index >= 15 is 0 Å². The van der Waals surface area contributed by atoms with Crippen molar-refractivity contribution in [1.29, 1.82) is 0 Å². The zero-order chi connectivity index (χ0) is 17.2. The molecule has 0 saturated carbocycles. The van der Waals surface area contributed by atoms with Crippen LogP contribution in [0.1, 0.15) is 73.1 Å². The van der Waals surface area contributed by atoms with E-state index in [1.165, 1.54) is 19.3 Å². The first-order valence-electron chi connectivity index (χ1n) is 8.54. The molecule has 0 bridgehead atoms. The van der Waals surface area contributed by atoms with E-state index in [4.69, 9.17) is 8.85 Å². The van der Waals surface area contributed by atoms with Crippen molar-refractivity contribution >= 4 is 8.56 Å². The summed E-state index contributed by atoms with van der Waals surface area (Å²) in [4.78, 5) is 0. The van der Waals surface area contributed by atoms with Crippen molar-refractivity contribution in [1.82, 2.24) is 0 Å². The number of alkyl halides is 3. The summed E-state index contributed by atoms with van der Waals surface area (Å²) >= 11 is 0. The first-order chi connectivity index (χ1) is 10.2. The van der Waals surface area contributed by atoms with Crippen molar-refractivity contribution < 1.29 is 22.0 Å². The molecule has 2 nitrogen and oxygen atoms in total. The van der Waals surface area contributed by atoms with E-state index in [9.17, 15) is 13.2 Å². The second-order valence-electron chi connectivity index (χ2n) is 6.34. The lowest BCUT2D eigenvalue weighted by atomic mass is 10.1. The predicted molar refractivity (Wildman–Crippen MR) is 87.2 cm³/mol. The van der Waals surface area contributed by atoms with Gasteiger partial charge in [0.15, 0.2) is 0 Å². The quantitative estimate of drug-likeness (QED) is 0.293. The fourth-order valence-corrected chi connectivity index (χ4v) is 5.88. The summed E-state index contributed by atoms with van der Waals surface area (Å²) in [6, 6.07) is 1.05. The minimum Gasteiger partial charge on any atom is -0.392 e. The summed E-state index contributed by atoms with van der Waals surface area (Å²) in [5, 5.41) is 0. The fraction of sp³-hybridized carbons (Fsp3) is 1.00. The lowest BCUT2D eigenvalue weighted by Crippen LogP contribution is -2.51. The molecule has 0 saturated heterocycles. The van der Waals surface area contributed by atoms with Gasteiger partial charge in [0.1, 0.15) is 0 Å². The van der Waals surface area contributed by atoms with Gasteiger partial charge in [-0.25, -0.2) is 13.2 Å². The van der Waals surface area contributed by atoms with Crippen molar-refractivity contribution in [2.24, 2.45) is 0 Å². The fourth-order valence-electron chi connectivity index (χ4n) is 2.48. The normalized spacial score (nSPS) is 17.7. The highest BCUT2D eigenvalue weighted by Crippen LogP contribution is 2.33. The van der Waals surface area contributed by atoms with Crippen molar-refractivity contribution in [3.63, 3.8) is 0 Å². The predicted octanol–water partition coefficient (Wildman–Crippen LogP) is 6.20. The van der Waals surface area contributed by atoms with Gasteiger partial charge in [0.05, 0.1) is 0 Å². The Labute approximate surface area is 135 Å². The Bertz CT molecular complexity index is 289. The van der Waals surface area contributed by atoms with Gasteiger partial charge in [-0.05, 0) is 32.9 Å². The van der Waals surface area contributed by atoms with Crippen LogP contribution in [0.25, 0.3) is 0 Å². The van der Waals surface area contributed by atoms with Crippen molar-refractivity contribution in [2.45, 2.75) is 104 Å². The van der Waals surface area contributed by atoms with Gasteiger partial charge in [0.2, 0.25) is 0 Å². The summed E-state index contributed by atoms with van der Waals surface area (Å²) in [7, 11) is -2.95. The number of halogens is 3. The van der Waals surface area contributed by atoms with Gasteiger partial charge in [-0.1, -0.05) is 52.4 Å². The molecule has 0 N–H and O–H groups in total. The second-order valence-corrected chi connectivity index (χ2v) is 9.81. The van der Waals surface area contributed by atoms with E-state index in [-0.39, 0.29) is 6.10 Å². The number of hydrogen-bond donors (Lipinski definition) is 0. The Morgan fingerprint density at radius 1 is 1.00 bits per heavy atom. The highest BCUT2D eigenvalue weighted by Gasteiger charge is 2.47. The zero-order valence-electron chi connectivity index (χ0n) is 14.8. The molecule has 0 aromatic heterocycles. The van der Waals surface area contributed by atoms with Crippen LogP contribution in [0, 0.1) is 0 Å². The Balaban J connectivity index is 4.65. The van der Waals surface area contributed by atoms with Gasteiger partial charge in [-0.15, -0.1) is 0 Å². The number of rotatable bonds is 13. The standard InChI is InChI=1S/C16H33F3O2Si/c1-6-8-9-10-11-12-13-22(7-2,20-14(3)4)21-16(5,19)15(17)18/h14-15H,6-13H2,1-5H3. The molecule has 22 heavy (non-hydrogen) atoms. The molecule has 0 rings (SSSR count). The van der Waals surface area contributed by atoms with E-state index in [1.807, 2.05) is 20.8 Å². The van der Waals surface area contributed by atoms with Crippen LogP contribution < -0.4 is 0 Å². The first-order valence-corrected chi connectivity index (χ1v) is 10.8. The Kier molecular flexibility index (Phi) is 10.6. The Morgan fingerprint density at radius 3 is 2.00 bits per heavy atom. The molecular weight excluding hydrogens is 309 g/mol. The largest absolute Gasteiger partial charge is 0.392 e. The van der Waals surface area contributed by atoms with E-state index in [2.05, 4.69) is 6.92 Å². The average molecular weight is 343 g/mol. The van der Waals surface area contributed by atoms with E-state index < -0.39 is 20.8 Å². The molecule has 0 heterocycles. The van der Waals surface area contributed by atoms with Gasteiger partial charge in [0, 0.05) is 6.10 Å². The third kappa shape index (κ3) is 8.53. The molecule has 0 amide bonds.